The number of sulfonamides is 1. The molecule has 8 nitrogen and oxygen atoms in total. The second-order valence-corrected chi connectivity index (χ2v) is 9.28. The molecule has 0 saturated heterocycles. The fourth-order valence-corrected chi connectivity index (χ4v) is 4.82. The third-order valence-electron chi connectivity index (χ3n) is 4.36. The Bertz CT molecular complexity index is 1170. The molecule has 1 aromatic carbocycles. The number of benzene rings is 1. The van der Waals surface area contributed by atoms with Crippen LogP contribution in [0.4, 0.5) is 13.2 Å². The maximum atomic E-state index is 14.8. The van der Waals surface area contributed by atoms with E-state index in [0.717, 1.165) is 10.7 Å². The highest BCUT2D eigenvalue weighted by Gasteiger charge is 2.41. The normalized spacial score (nSPS) is 16.1. The van der Waals surface area contributed by atoms with Crippen LogP contribution in [0.15, 0.2) is 17.0 Å². The molecule has 2 heterocycles. The van der Waals surface area contributed by atoms with E-state index in [1.807, 2.05) is 0 Å². The zero-order chi connectivity index (χ0) is 20.3. The first-order chi connectivity index (χ1) is 13.1. The molecule has 3 aromatic rings. The van der Waals surface area contributed by atoms with Crippen LogP contribution in [-0.2, 0) is 10.0 Å². The summed E-state index contributed by atoms with van der Waals surface area (Å²) in [7, 11) is -2.74. The van der Waals surface area contributed by atoms with Gasteiger partial charge >= 0.3 is 0 Å². The second-order valence-electron chi connectivity index (χ2n) is 6.61. The first kappa shape index (κ1) is 19.1. The van der Waals surface area contributed by atoms with Gasteiger partial charge in [-0.15, -0.1) is 15.3 Å². The van der Waals surface area contributed by atoms with Gasteiger partial charge < -0.3 is 4.74 Å². The SMILES string of the molecule is COc1nn(-c2nnc(C(F)F)s2)c2cc(S(=O)(=O)NC3(C)CC3)cc(F)c12. The number of halogens is 3. The van der Waals surface area contributed by atoms with Crippen LogP contribution in [0.5, 0.6) is 5.88 Å². The number of rotatable bonds is 6. The Hall–Kier alpha value is -2.25. The van der Waals surface area contributed by atoms with Gasteiger partial charge in [0.1, 0.15) is 5.82 Å². The highest BCUT2D eigenvalue weighted by atomic mass is 32.2. The molecule has 4 rings (SSSR count). The van der Waals surface area contributed by atoms with E-state index >= 15 is 0 Å². The number of methoxy groups -OCH3 is 1. The van der Waals surface area contributed by atoms with Crippen molar-refractivity contribution in [2.45, 2.75) is 36.6 Å². The maximum absolute atomic E-state index is 14.8. The molecule has 0 amide bonds. The van der Waals surface area contributed by atoms with Gasteiger partial charge in [-0.3, -0.25) is 0 Å². The number of ether oxygens (including phenoxy) is 1. The lowest BCUT2D eigenvalue weighted by Crippen LogP contribution is -2.34. The van der Waals surface area contributed by atoms with Crippen molar-refractivity contribution in [1.82, 2.24) is 24.7 Å². The van der Waals surface area contributed by atoms with Gasteiger partial charge in [-0.25, -0.2) is 31.0 Å². The third-order valence-corrected chi connectivity index (χ3v) is 6.88. The Labute approximate surface area is 161 Å². The molecule has 0 radical (unpaired) electrons. The molecular formula is C15H14F3N5O3S2. The van der Waals surface area contributed by atoms with E-state index in [-0.39, 0.29) is 26.8 Å². The Balaban J connectivity index is 1.89. The highest BCUT2D eigenvalue weighted by Crippen LogP contribution is 2.37. The zero-order valence-corrected chi connectivity index (χ0v) is 16.2. The van der Waals surface area contributed by atoms with Crippen LogP contribution in [0.3, 0.4) is 0 Å². The highest BCUT2D eigenvalue weighted by molar-refractivity contribution is 7.89. The van der Waals surface area contributed by atoms with Crippen molar-refractivity contribution in [3.05, 3.63) is 23.0 Å². The van der Waals surface area contributed by atoms with E-state index in [4.69, 9.17) is 4.74 Å². The molecule has 2 aromatic heterocycles. The van der Waals surface area contributed by atoms with E-state index in [0.29, 0.717) is 24.2 Å². The summed E-state index contributed by atoms with van der Waals surface area (Å²) in [4.78, 5) is -0.312. The van der Waals surface area contributed by atoms with E-state index in [1.54, 1.807) is 6.92 Å². The molecule has 1 N–H and O–H groups in total. The van der Waals surface area contributed by atoms with Gasteiger partial charge in [0.2, 0.25) is 21.0 Å². The lowest BCUT2D eigenvalue weighted by Gasteiger charge is -2.12. The zero-order valence-electron chi connectivity index (χ0n) is 14.6. The summed E-state index contributed by atoms with van der Waals surface area (Å²) < 4.78 is 74.3. The lowest BCUT2D eigenvalue weighted by atomic mass is 10.2. The quantitative estimate of drug-likeness (QED) is 0.642. The van der Waals surface area contributed by atoms with Gasteiger partial charge in [0.25, 0.3) is 6.43 Å². The molecular weight excluding hydrogens is 419 g/mol. The van der Waals surface area contributed by atoms with Gasteiger partial charge in [-0.05, 0) is 31.9 Å². The number of hydrogen-bond donors (Lipinski definition) is 1. The van der Waals surface area contributed by atoms with Crippen molar-refractivity contribution in [2.24, 2.45) is 0 Å². The van der Waals surface area contributed by atoms with Crippen LogP contribution >= 0.6 is 11.3 Å². The molecule has 150 valence electrons. The van der Waals surface area contributed by atoms with Crippen LogP contribution < -0.4 is 9.46 Å². The Morgan fingerprint density at radius 1 is 1.32 bits per heavy atom. The Morgan fingerprint density at radius 3 is 2.61 bits per heavy atom. The molecule has 1 aliphatic rings. The number of alkyl halides is 2. The molecule has 13 heteroatoms. The summed E-state index contributed by atoms with van der Waals surface area (Å²) in [5, 5.41) is 10.3. The first-order valence-electron chi connectivity index (χ1n) is 8.06. The van der Waals surface area contributed by atoms with E-state index in [1.165, 1.54) is 13.2 Å². The van der Waals surface area contributed by atoms with Gasteiger partial charge in [-0.1, -0.05) is 11.3 Å². The molecule has 0 spiro atoms. The summed E-state index contributed by atoms with van der Waals surface area (Å²) in [5.41, 5.74) is -0.539. The average molecular weight is 433 g/mol. The number of nitrogens with zero attached hydrogens (tertiary/aromatic N) is 4. The smallest absolute Gasteiger partial charge is 0.291 e. The van der Waals surface area contributed by atoms with Gasteiger partial charge in [-0.2, -0.15) is 0 Å². The minimum atomic E-state index is -4.00. The van der Waals surface area contributed by atoms with Gasteiger partial charge in [0, 0.05) is 5.54 Å². The Kier molecular flexibility index (Phi) is 4.35. The fourth-order valence-electron chi connectivity index (χ4n) is 2.66. The van der Waals surface area contributed by atoms with Gasteiger partial charge in [0.05, 0.1) is 22.9 Å². The standard InChI is InChI=1S/C15H14F3N5O3S2/c1-15(3-4-15)22-28(24,25)7-5-8(16)10-9(6-7)23(21-12(10)26-2)14-20-19-13(27-14)11(17)18/h5-6,11,22H,3-4H2,1-2H3. The minimum Gasteiger partial charge on any atom is -0.479 e. The summed E-state index contributed by atoms with van der Waals surface area (Å²) in [6.07, 6.45) is -1.46. The Morgan fingerprint density at radius 2 is 2.04 bits per heavy atom. The van der Waals surface area contributed by atoms with Crippen molar-refractivity contribution in [3.8, 4) is 11.0 Å². The van der Waals surface area contributed by atoms with Crippen LogP contribution in [0.1, 0.15) is 31.2 Å². The van der Waals surface area contributed by atoms with Crippen LogP contribution in [-0.4, -0.2) is 41.0 Å². The average Bonchev–Trinajstić information content (AvgIpc) is 3.04. The maximum Gasteiger partial charge on any atom is 0.291 e. The van der Waals surface area contributed by atoms with Crippen molar-refractivity contribution >= 4 is 32.3 Å². The van der Waals surface area contributed by atoms with Gasteiger partial charge in [0.15, 0.2) is 5.01 Å². The predicted molar refractivity (Wildman–Crippen MR) is 94.0 cm³/mol. The molecule has 0 bridgehead atoms. The number of fused-ring (bicyclic) bond motifs is 1. The van der Waals surface area contributed by atoms with Crippen molar-refractivity contribution in [3.63, 3.8) is 0 Å². The molecule has 1 fully saturated rings. The molecule has 28 heavy (non-hydrogen) atoms. The van der Waals surface area contributed by atoms with E-state index in [2.05, 4.69) is 20.0 Å². The van der Waals surface area contributed by atoms with Crippen LogP contribution in [0.2, 0.25) is 0 Å². The van der Waals surface area contributed by atoms with Crippen LogP contribution in [0.25, 0.3) is 16.0 Å². The van der Waals surface area contributed by atoms with E-state index in [9.17, 15) is 21.6 Å². The summed E-state index contributed by atoms with van der Waals surface area (Å²) in [6.45, 7) is 1.75. The molecule has 1 saturated carbocycles. The van der Waals surface area contributed by atoms with E-state index < -0.39 is 32.8 Å². The predicted octanol–water partition coefficient (Wildman–Crippen LogP) is 2.79. The number of hydrogen-bond acceptors (Lipinski definition) is 7. The summed E-state index contributed by atoms with van der Waals surface area (Å²) in [5.74, 6) is -1.01. The largest absolute Gasteiger partial charge is 0.479 e. The van der Waals surface area contributed by atoms with Crippen molar-refractivity contribution < 1.29 is 26.3 Å². The fraction of sp³-hybridized carbons (Fsp3) is 0.400. The monoisotopic (exact) mass is 433 g/mol. The molecule has 0 atom stereocenters. The molecule has 0 aliphatic heterocycles. The van der Waals surface area contributed by atoms with Crippen molar-refractivity contribution in [1.29, 1.82) is 0 Å². The second kappa shape index (κ2) is 6.39. The summed E-state index contributed by atoms with van der Waals surface area (Å²) in [6, 6.07) is 2.07. The lowest BCUT2D eigenvalue weighted by molar-refractivity contribution is 0.150. The number of aromatic nitrogens is 4. The first-order valence-corrected chi connectivity index (χ1v) is 10.4. The molecule has 0 unspecified atom stereocenters. The topological polar surface area (TPSA) is 99.0 Å². The summed E-state index contributed by atoms with van der Waals surface area (Å²) >= 11 is 0.557. The van der Waals surface area contributed by atoms with Crippen LogP contribution in [0, 0.1) is 5.82 Å². The third kappa shape index (κ3) is 3.22. The minimum absolute atomic E-state index is 0.00939. The van der Waals surface area contributed by atoms with Crippen molar-refractivity contribution in [2.75, 3.05) is 7.11 Å². The number of nitrogens with one attached hydrogen (secondary N) is 1. The molecule has 1 aliphatic carbocycles.